The Morgan fingerprint density at radius 3 is 2.50 bits per heavy atom. The van der Waals surface area contributed by atoms with E-state index in [-0.39, 0.29) is 29.8 Å². The Kier molecular flexibility index (Phi) is 9.34. The van der Waals surface area contributed by atoms with E-state index in [4.69, 9.17) is 9.73 Å². The molecule has 7 nitrogen and oxygen atoms in total. The molecule has 0 atom stereocenters. The first kappa shape index (κ1) is 24.5. The van der Waals surface area contributed by atoms with Crippen molar-refractivity contribution in [1.82, 2.24) is 15.2 Å². The van der Waals surface area contributed by atoms with Gasteiger partial charge in [-0.15, -0.1) is 24.0 Å². The maximum atomic E-state index is 14.1. The number of aliphatic imine (C=N–C) groups is 1. The van der Waals surface area contributed by atoms with Gasteiger partial charge in [0.15, 0.2) is 5.96 Å². The molecule has 9 heteroatoms. The van der Waals surface area contributed by atoms with Crippen molar-refractivity contribution < 1.29 is 9.13 Å². The van der Waals surface area contributed by atoms with Crippen LogP contribution in [0.25, 0.3) is 0 Å². The van der Waals surface area contributed by atoms with E-state index in [2.05, 4.69) is 38.0 Å². The summed E-state index contributed by atoms with van der Waals surface area (Å²) < 4.78 is 19.6. The van der Waals surface area contributed by atoms with Crippen molar-refractivity contribution in [3.05, 3.63) is 54.0 Å². The van der Waals surface area contributed by atoms with Crippen molar-refractivity contribution in [1.29, 1.82) is 0 Å². The van der Waals surface area contributed by atoms with Gasteiger partial charge in [-0.2, -0.15) is 0 Å². The molecule has 0 bridgehead atoms. The Balaban J connectivity index is 0.00000289. The molecule has 1 aromatic heterocycles. The van der Waals surface area contributed by atoms with E-state index in [1.54, 1.807) is 6.07 Å². The largest absolute Gasteiger partial charge is 0.378 e. The number of rotatable bonds is 5. The van der Waals surface area contributed by atoms with Gasteiger partial charge in [0.1, 0.15) is 11.6 Å². The molecule has 0 amide bonds. The van der Waals surface area contributed by atoms with Crippen molar-refractivity contribution in [3.8, 4) is 0 Å². The minimum atomic E-state index is -0.163. The van der Waals surface area contributed by atoms with Gasteiger partial charge in [0.2, 0.25) is 0 Å². The molecule has 2 saturated heterocycles. The van der Waals surface area contributed by atoms with Gasteiger partial charge in [0.25, 0.3) is 0 Å². The van der Waals surface area contributed by atoms with Crippen LogP contribution in [0.2, 0.25) is 0 Å². The van der Waals surface area contributed by atoms with Gasteiger partial charge in [-0.25, -0.2) is 14.4 Å². The van der Waals surface area contributed by atoms with Crippen LogP contribution >= 0.6 is 24.0 Å². The number of aromatic nitrogens is 1. The highest BCUT2D eigenvalue weighted by atomic mass is 127. The molecule has 0 radical (unpaired) electrons. The summed E-state index contributed by atoms with van der Waals surface area (Å²) >= 11 is 0. The van der Waals surface area contributed by atoms with Crippen molar-refractivity contribution in [3.63, 3.8) is 0 Å². The number of nitrogens with one attached hydrogen (secondary N) is 1. The Bertz CT molecular complexity index is 884. The minimum Gasteiger partial charge on any atom is -0.378 e. The van der Waals surface area contributed by atoms with E-state index in [9.17, 15) is 4.39 Å². The third-order valence-electron chi connectivity index (χ3n) is 5.68. The fourth-order valence-electron chi connectivity index (χ4n) is 4.07. The van der Waals surface area contributed by atoms with Crippen LogP contribution in [0.4, 0.5) is 15.9 Å². The van der Waals surface area contributed by atoms with Crippen molar-refractivity contribution in [2.45, 2.75) is 13.5 Å². The number of halogens is 2. The third kappa shape index (κ3) is 6.00. The van der Waals surface area contributed by atoms with Gasteiger partial charge in [-0.05, 0) is 25.1 Å². The van der Waals surface area contributed by atoms with E-state index in [0.29, 0.717) is 12.2 Å². The highest BCUT2D eigenvalue weighted by molar-refractivity contribution is 14.0. The van der Waals surface area contributed by atoms with Crippen molar-refractivity contribution in [2.24, 2.45) is 4.99 Å². The van der Waals surface area contributed by atoms with Gasteiger partial charge in [-0.1, -0.05) is 18.2 Å². The molecule has 0 unspecified atom stereocenters. The number of benzene rings is 1. The maximum Gasteiger partial charge on any atom is 0.194 e. The van der Waals surface area contributed by atoms with Gasteiger partial charge in [0, 0.05) is 57.6 Å². The molecule has 4 rings (SSSR count). The summed E-state index contributed by atoms with van der Waals surface area (Å²) in [6, 6.07) is 11.0. The maximum absolute atomic E-state index is 14.1. The van der Waals surface area contributed by atoms with Crippen molar-refractivity contribution >= 4 is 41.4 Å². The SMILES string of the molecule is CCNC(=NCc1cccnc1N1CCOCC1)N1CCN(c2ccccc2F)CC1.I. The summed E-state index contributed by atoms with van der Waals surface area (Å²) in [7, 11) is 0. The first-order chi connectivity index (χ1) is 15.3. The van der Waals surface area contributed by atoms with E-state index in [1.165, 1.54) is 6.07 Å². The van der Waals surface area contributed by atoms with E-state index in [0.717, 1.165) is 76.4 Å². The molecular weight excluding hydrogens is 522 g/mol. The van der Waals surface area contributed by atoms with Crippen LogP contribution < -0.4 is 15.1 Å². The predicted molar refractivity (Wildman–Crippen MR) is 138 cm³/mol. The molecule has 3 heterocycles. The lowest BCUT2D eigenvalue weighted by Gasteiger charge is -2.37. The summed E-state index contributed by atoms with van der Waals surface area (Å²) in [5.74, 6) is 1.73. The van der Waals surface area contributed by atoms with Crippen LogP contribution in [0.1, 0.15) is 12.5 Å². The highest BCUT2D eigenvalue weighted by Crippen LogP contribution is 2.21. The van der Waals surface area contributed by atoms with Crippen LogP contribution in [-0.2, 0) is 11.3 Å². The second-order valence-corrected chi connectivity index (χ2v) is 7.68. The Labute approximate surface area is 206 Å². The fraction of sp³-hybridized carbons (Fsp3) is 0.478. The molecule has 2 aliphatic rings. The second-order valence-electron chi connectivity index (χ2n) is 7.68. The molecule has 0 aliphatic carbocycles. The smallest absolute Gasteiger partial charge is 0.194 e. The molecule has 2 aromatic rings. The quantitative estimate of drug-likeness (QED) is 0.349. The first-order valence-corrected chi connectivity index (χ1v) is 11.1. The number of morpholine rings is 1. The summed E-state index contributed by atoms with van der Waals surface area (Å²) in [5, 5.41) is 3.42. The molecule has 2 fully saturated rings. The number of pyridine rings is 1. The first-order valence-electron chi connectivity index (χ1n) is 11.1. The zero-order chi connectivity index (χ0) is 21.5. The lowest BCUT2D eigenvalue weighted by molar-refractivity contribution is 0.122. The average Bonchev–Trinajstić information content (AvgIpc) is 2.83. The van der Waals surface area contributed by atoms with Crippen LogP contribution in [0.3, 0.4) is 0 Å². The van der Waals surface area contributed by atoms with Crippen LogP contribution in [-0.4, -0.2) is 74.9 Å². The van der Waals surface area contributed by atoms with Gasteiger partial charge in [-0.3, -0.25) is 0 Å². The lowest BCUT2D eigenvalue weighted by Crippen LogP contribution is -2.52. The normalized spacial score (nSPS) is 17.2. The molecular formula is C23H32FIN6O. The Morgan fingerprint density at radius 2 is 1.78 bits per heavy atom. The molecule has 32 heavy (non-hydrogen) atoms. The molecule has 0 spiro atoms. The van der Waals surface area contributed by atoms with Gasteiger partial charge >= 0.3 is 0 Å². The van der Waals surface area contributed by atoms with Crippen LogP contribution in [0.15, 0.2) is 47.6 Å². The number of anilines is 2. The minimum absolute atomic E-state index is 0. The number of hydrogen-bond acceptors (Lipinski definition) is 5. The molecule has 174 valence electrons. The van der Waals surface area contributed by atoms with Crippen molar-refractivity contribution in [2.75, 3.05) is 68.8 Å². The van der Waals surface area contributed by atoms with Crippen LogP contribution in [0.5, 0.6) is 0 Å². The summed E-state index contributed by atoms with van der Waals surface area (Å²) in [6.45, 7) is 9.72. The van der Waals surface area contributed by atoms with Gasteiger partial charge < -0.3 is 24.8 Å². The van der Waals surface area contributed by atoms with E-state index >= 15 is 0 Å². The number of guanidine groups is 1. The monoisotopic (exact) mass is 554 g/mol. The topological polar surface area (TPSA) is 56.2 Å². The van der Waals surface area contributed by atoms with Gasteiger partial charge in [0.05, 0.1) is 25.4 Å². The standard InChI is InChI=1S/C23H31FN6O.HI/c1-2-25-23(30-12-10-28(11-13-30)21-8-4-3-7-20(21)24)27-18-19-6-5-9-26-22(19)29-14-16-31-17-15-29;/h3-9H,2,10-18H2,1H3,(H,25,27);1H. The summed E-state index contributed by atoms with van der Waals surface area (Å²) in [5.41, 5.74) is 1.79. The number of nitrogens with zero attached hydrogens (tertiary/aromatic N) is 5. The molecule has 2 aliphatic heterocycles. The zero-order valence-corrected chi connectivity index (χ0v) is 20.9. The number of para-hydroxylation sites is 1. The second kappa shape index (κ2) is 12.2. The third-order valence-corrected chi connectivity index (χ3v) is 5.68. The summed E-state index contributed by atoms with van der Waals surface area (Å²) in [6.07, 6.45) is 1.84. The zero-order valence-electron chi connectivity index (χ0n) is 18.5. The summed E-state index contributed by atoms with van der Waals surface area (Å²) in [4.78, 5) is 16.2. The van der Waals surface area contributed by atoms with E-state index < -0.39 is 0 Å². The molecule has 1 N–H and O–H groups in total. The number of piperazine rings is 1. The van der Waals surface area contributed by atoms with Crippen LogP contribution in [0, 0.1) is 5.82 Å². The number of ether oxygens (including phenoxy) is 1. The Hall–Kier alpha value is -2.14. The van der Waals surface area contributed by atoms with E-state index in [1.807, 2.05) is 24.4 Å². The number of hydrogen-bond donors (Lipinski definition) is 1. The molecule has 0 saturated carbocycles. The lowest BCUT2D eigenvalue weighted by atomic mass is 10.2. The molecule has 1 aromatic carbocycles. The highest BCUT2D eigenvalue weighted by Gasteiger charge is 2.22. The average molecular weight is 554 g/mol. The Morgan fingerprint density at radius 1 is 1.03 bits per heavy atom. The fourth-order valence-corrected chi connectivity index (χ4v) is 4.07. The predicted octanol–water partition coefficient (Wildman–Crippen LogP) is 2.96.